The van der Waals surface area contributed by atoms with Gasteiger partial charge in [-0.2, -0.15) is 0 Å². The SMILES string of the molecule is CC(Nc1cc2c(cc1[N+](=O)[O-])OCO2)c1cccnc1. The lowest BCUT2D eigenvalue weighted by molar-refractivity contribution is -0.384. The third-order valence-electron chi connectivity index (χ3n) is 3.24. The first kappa shape index (κ1) is 13.2. The molecule has 0 radical (unpaired) electrons. The van der Waals surface area contributed by atoms with Crippen LogP contribution in [-0.2, 0) is 0 Å². The summed E-state index contributed by atoms with van der Waals surface area (Å²) < 4.78 is 10.4. The zero-order valence-electron chi connectivity index (χ0n) is 11.3. The van der Waals surface area contributed by atoms with E-state index in [1.54, 1.807) is 18.5 Å². The normalized spacial score (nSPS) is 13.8. The van der Waals surface area contributed by atoms with Gasteiger partial charge in [-0.3, -0.25) is 15.1 Å². The summed E-state index contributed by atoms with van der Waals surface area (Å²) in [5, 5.41) is 14.3. The number of hydrogen-bond acceptors (Lipinski definition) is 6. The fourth-order valence-corrected chi connectivity index (χ4v) is 2.15. The first-order valence-corrected chi connectivity index (χ1v) is 6.39. The van der Waals surface area contributed by atoms with Crippen LogP contribution in [0.3, 0.4) is 0 Å². The minimum absolute atomic E-state index is 0.0463. The number of fused-ring (bicyclic) bond motifs is 1. The first-order chi connectivity index (χ1) is 10.1. The van der Waals surface area contributed by atoms with Gasteiger partial charge in [-0.05, 0) is 18.6 Å². The molecule has 1 unspecified atom stereocenters. The minimum atomic E-state index is -0.444. The maximum absolute atomic E-state index is 11.2. The molecule has 0 aliphatic carbocycles. The predicted molar refractivity (Wildman–Crippen MR) is 75.5 cm³/mol. The van der Waals surface area contributed by atoms with Crippen molar-refractivity contribution in [2.75, 3.05) is 12.1 Å². The third kappa shape index (κ3) is 2.58. The molecule has 2 aromatic rings. The van der Waals surface area contributed by atoms with Gasteiger partial charge in [0, 0.05) is 18.5 Å². The molecule has 1 atom stereocenters. The van der Waals surface area contributed by atoms with Crippen LogP contribution in [-0.4, -0.2) is 16.7 Å². The Morgan fingerprint density at radius 2 is 2.14 bits per heavy atom. The van der Waals surface area contributed by atoms with Gasteiger partial charge in [0.05, 0.1) is 17.0 Å². The van der Waals surface area contributed by atoms with Gasteiger partial charge in [-0.25, -0.2) is 0 Å². The predicted octanol–water partition coefficient (Wildman–Crippen LogP) is 2.89. The molecule has 1 aromatic carbocycles. The molecule has 1 N–H and O–H groups in total. The summed E-state index contributed by atoms with van der Waals surface area (Å²) in [6.07, 6.45) is 3.40. The number of nitro groups is 1. The van der Waals surface area contributed by atoms with Gasteiger partial charge in [0.25, 0.3) is 5.69 Å². The van der Waals surface area contributed by atoms with Crippen LogP contribution in [0.1, 0.15) is 18.5 Å². The Kier molecular flexibility index (Phi) is 3.31. The van der Waals surface area contributed by atoms with Crippen molar-refractivity contribution in [2.45, 2.75) is 13.0 Å². The topological polar surface area (TPSA) is 86.5 Å². The molecule has 1 aromatic heterocycles. The second-order valence-corrected chi connectivity index (χ2v) is 4.63. The number of anilines is 1. The van der Waals surface area contributed by atoms with Crippen molar-refractivity contribution in [3.05, 3.63) is 52.3 Å². The van der Waals surface area contributed by atoms with Crippen molar-refractivity contribution < 1.29 is 14.4 Å². The zero-order chi connectivity index (χ0) is 14.8. The van der Waals surface area contributed by atoms with E-state index in [-0.39, 0.29) is 18.5 Å². The summed E-state index contributed by atoms with van der Waals surface area (Å²) in [5.41, 5.74) is 1.28. The molecule has 7 nitrogen and oxygen atoms in total. The van der Waals surface area contributed by atoms with Crippen LogP contribution in [0.5, 0.6) is 11.5 Å². The van der Waals surface area contributed by atoms with Crippen LogP contribution in [0.2, 0.25) is 0 Å². The molecule has 2 heterocycles. The third-order valence-corrected chi connectivity index (χ3v) is 3.24. The van der Waals surface area contributed by atoms with Crippen molar-refractivity contribution in [3.63, 3.8) is 0 Å². The van der Waals surface area contributed by atoms with Crippen molar-refractivity contribution >= 4 is 11.4 Å². The highest BCUT2D eigenvalue weighted by atomic mass is 16.7. The van der Waals surface area contributed by atoms with Crippen molar-refractivity contribution in [2.24, 2.45) is 0 Å². The molecule has 0 amide bonds. The summed E-state index contributed by atoms with van der Waals surface area (Å²) in [5.74, 6) is 0.891. The molecule has 21 heavy (non-hydrogen) atoms. The zero-order valence-corrected chi connectivity index (χ0v) is 11.3. The van der Waals surface area contributed by atoms with Gasteiger partial charge in [0.15, 0.2) is 11.5 Å². The van der Waals surface area contributed by atoms with E-state index >= 15 is 0 Å². The van der Waals surface area contributed by atoms with Crippen LogP contribution in [0.25, 0.3) is 0 Å². The van der Waals surface area contributed by atoms with Crippen LogP contribution in [0, 0.1) is 10.1 Å². The fraction of sp³-hybridized carbons (Fsp3) is 0.214. The lowest BCUT2D eigenvalue weighted by Crippen LogP contribution is -2.08. The number of hydrogen-bond donors (Lipinski definition) is 1. The fourth-order valence-electron chi connectivity index (χ4n) is 2.15. The molecule has 108 valence electrons. The van der Waals surface area contributed by atoms with Crippen LogP contribution >= 0.6 is 0 Å². The molecule has 1 aliphatic rings. The Hall–Kier alpha value is -2.83. The number of nitro benzene ring substituents is 1. The van der Waals surface area contributed by atoms with Crippen LogP contribution < -0.4 is 14.8 Å². The number of ether oxygens (including phenoxy) is 2. The Bertz CT molecular complexity index is 675. The van der Waals surface area contributed by atoms with E-state index in [4.69, 9.17) is 9.47 Å². The lowest BCUT2D eigenvalue weighted by Gasteiger charge is -2.15. The standard InChI is InChI=1S/C14H13N3O4/c1-9(10-3-2-4-15-7-10)16-11-5-13-14(21-8-20-13)6-12(11)17(18)19/h2-7,9,16H,8H2,1H3. The van der Waals surface area contributed by atoms with Crippen LogP contribution in [0.4, 0.5) is 11.4 Å². The molecule has 0 spiro atoms. The molecule has 0 fully saturated rings. The Labute approximate surface area is 120 Å². The number of benzene rings is 1. The molecule has 0 saturated heterocycles. The van der Waals surface area contributed by atoms with Gasteiger partial charge in [-0.1, -0.05) is 6.07 Å². The molecular formula is C14H13N3O4. The second kappa shape index (κ2) is 5.28. The Morgan fingerprint density at radius 1 is 1.38 bits per heavy atom. The summed E-state index contributed by atoms with van der Waals surface area (Å²) in [6, 6.07) is 6.57. The summed E-state index contributed by atoms with van der Waals surface area (Å²) in [7, 11) is 0. The maximum Gasteiger partial charge on any atom is 0.296 e. The lowest BCUT2D eigenvalue weighted by atomic mass is 10.1. The summed E-state index contributed by atoms with van der Waals surface area (Å²) >= 11 is 0. The number of aromatic nitrogens is 1. The smallest absolute Gasteiger partial charge is 0.296 e. The van der Waals surface area contributed by atoms with Crippen LogP contribution in [0.15, 0.2) is 36.7 Å². The van der Waals surface area contributed by atoms with E-state index in [9.17, 15) is 10.1 Å². The monoisotopic (exact) mass is 287 g/mol. The van der Waals surface area contributed by atoms with Gasteiger partial charge in [0.2, 0.25) is 6.79 Å². The average molecular weight is 287 g/mol. The molecule has 1 aliphatic heterocycles. The number of nitrogens with zero attached hydrogens (tertiary/aromatic N) is 2. The largest absolute Gasteiger partial charge is 0.454 e. The van der Waals surface area contributed by atoms with E-state index in [2.05, 4.69) is 10.3 Å². The Balaban J connectivity index is 1.93. The van der Waals surface area contributed by atoms with E-state index in [0.29, 0.717) is 17.2 Å². The highest BCUT2D eigenvalue weighted by Crippen LogP contribution is 2.41. The second-order valence-electron chi connectivity index (χ2n) is 4.63. The molecule has 0 bridgehead atoms. The molecule has 0 saturated carbocycles. The van der Waals surface area contributed by atoms with Crippen molar-refractivity contribution in [1.29, 1.82) is 0 Å². The van der Waals surface area contributed by atoms with Gasteiger partial charge in [-0.15, -0.1) is 0 Å². The highest BCUT2D eigenvalue weighted by Gasteiger charge is 2.24. The van der Waals surface area contributed by atoms with E-state index in [1.807, 2.05) is 19.1 Å². The maximum atomic E-state index is 11.2. The van der Waals surface area contributed by atoms with E-state index in [1.165, 1.54) is 6.07 Å². The highest BCUT2D eigenvalue weighted by molar-refractivity contribution is 5.69. The average Bonchev–Trinajstić information content (AvgIpc) is 2.94. The first-order valence-electron chi connectivity index (χ1n) is 6.39. The van der Waals surface area contributed by atoms with Crippen molar-refractivity contribution in [3.8, 4) is 11.5 Å². The number of nitrogens with one attached hydrogen (secondary N) is 1. The number of pyridine rings is 1. The van der Waals surface area contributed by atoms with Gasteiger partial charge >= 0.3 is 0 Å². The minimum Gasteiger partial charge on any atom is -0.454 e. The van der Waals surface area contributed by atoms with Gasteiger partial charge in [0.1, 0.15) is 5.69 Å². The molecular weight excluding hydrogens is 274 g/mol. The molecule has 7 heteroatoms. The molecule has 3 rings (SSSR count). The quantitative estimate of drug-likeness (QED) is 0.687. The van der Waals surface area contributed by atoms with E-state index in [0.717, 1.165) is 5.56 Å². The van der Waals surface area contributed by atoms with Crippen molar-refractivity contribution in [1.82, 2.24) is 4.98 Å². The summed E-state index contributed by atoms with van der Waals surface area (Å²) in [6.45, 7) is 1.99. The Morgan fingerprint density at radius 3 is 2.81 bits per heavy atom. The van der Waals surface area contributed by atoms with E-state index < -0.39 is 4.92 Å². The summed E-state index contributed by atoms with van der Waals surface area (Å²) in [4.78, 5) is 14.8. The van der Waals surface area contributed by atoms with Gasteiger partial charge < -0.3 is 14.8 Å². The number of rotatable bonds is 4.